The van der Waals surface area contributed by atoms with Gasteiger partial charge in [-0.25, -0.2) is 14.8 Å². The number of benzene rings is 1. The van der Waals surface area contributed by atoms with Crippen LogP contribution in [-0.4, -0.2) is 41.5 Å². The van der Waals surface area contributed by atoms with Crippen LogP contribution >= 0.6 is 11.3 Å². The predicted molar refractivity (Wildman–Crippen MR) is 127 cm³/mol. The van der Waals surface area contributed by atoms with Gasteiger partial charge in [0.05, 0.1) is 16.4 Å². The van der Waals surface area contributed by atoms with Crippen molar-refractivity contribution < 1.29 is 14.3 Å². The topological polar surface area (TPSA) is 115 Å². The Kier molecular flexibility index (Phi) is 8.24. The van der Waals surface area contributed by atoms with Gasteiger partial charge in [-0.05, 0) is 62.8 Å². The molecule has 0 bridgehead atoms. The van der Waals surface area contributed by atoms with Crippen molar-refractivity contribution in [3.8, 4) is 5.75 Å². The molecule has 0 atom stereocenters. The Bertz CT molecular complexity index is 947. The molecular weight excluding hydrogens is 440 g/mol. The fraction of sp³-hybridized carbons (Fsp3) is 0.522. The van der Waals surface area contributed by atoms with Crippen LogP contribution in [0.25, 0.3) is 0 Å². The van der Waals surface area contributed by atoms with Gasteiger partial charge in [-0.1, -0.05) is 11.6 Å². The third-order valence-electron chi connectivity index (χ3n) is 6.04. The molecule has 1 aromatic heterocycles. The van der Waals surface area contributed by atoms with Gasteiger partial charge in [0.1, 0.15) is 24.8 Å². The number of thiazole rings is 1. The lowest BCUT2D eigenvalue weighted by Gasteiger charge is -2.32. The maximum Gasteiger partial charge on any atom is 0.410 e. The lowest BCUT2D eigenvalue weighted by atomic mass is 9.97. The van der Waals surface area contributed by atoms with Gasteiger partial charge in [0.2, 0.25) is 0 Å². The van der Waals surface area contributed by atoms with Crippen LogP contribution in [0.2, 0.25) is 0 Å². The molecular formula is C23H30N6O3S. The monoisotopic (exact) mass is 470 g/mol. The van der Waals surface area contributed by atoms with Gasteiger partial charge in [-0.2, -0.15) is 0 Å². The summed E-state index contributed by atoms with van der Waals surface area (Å²) in [4.78, 5) is 23.2. The highest BCUT2D eigenvalue weighted by Gasteiger charge is 2.28. The molecule has 33 heavy (non-hydrogen) atoms. The number of carbonyl (C=O) groups is 1. The van der Waals surface area contributed by atoms with Gasteiger partial charge in [0.25, 0.3) is 0 Å². The summed E-state index contributed by atoms with van der Waals surface area (Å²) >= 11 is 1.67. The van der Waals surface area contributed by atoms with Crippen LogP contribution in [0, 0.1) is 0 Å². The fourth-order valence-electron chi connectivity index (χ4n) is 4.19. The van der Waals surface area contributed by atoms with Crippen molar-refractivity contribution in [3.05, 3.63) is 40.3 Å². The molecule has 4 rings (SSSR count). The molecule has 0 spiro atoms. The maximum atomic E-state index is 12.5. The second-order valence-electron chi connectivity index (χ2n) is 8.34. The van der Waals surface area contributed by atoms with Gasteiger partial charge in [0.15, 0.2) is 0 Å². The van der Waals surface area contributed by atoms with Gasteiger partial charge in [0, 0.05) is 24.4 Å². The third-order valence-corrected chi connectivity index (χ3v) is 7.10. The van der Waals surface area contributed by atoms with E-state index in [1.54, 1.807) is 11.3 Å². The molecule has 10 heteroatoms. The summed E-state index contributed by atoms with van der Waals surface area (Å²) in [5.41, 5.74) is 1.65. The summed E-state index contributed by atoms with van der Waals surface area (Å²) in [6.45, 7) is 1.86. The average molecular weight is 471 g/mol. The van der Waals surface area contributed by atoms with E-state index < -0.39 is 0 Å². The number of nitrogens with zero attached hydrogens (tertiary/aromatic N) is 5. The molecule has 1 aromatic carbocycles. The molecule has 1 aliphatic heterocycles. The first kappa shape index (κ1) is 23.2. The molecule has 2 aromatic rings. The van der Waals surface area contributed by atoms with Crippen molar-refractivity contribution in [2.45, 2.75) is 63.6 Å². The maximum absolute atomic E-state index is 12.5. The van der Waals surface area contributed by atoms with Crippen LogP contribution in [0.1, 0.15) is 61.6 Å². The zero-order valence-electron chi connectivity index (χ0n) is 18.6. The second-order valence-corrected chi connectivity index (χ2v) is 9.23. The predicted octanol–water partition coefficient (Wildman–Crippen LogP) is 5.36. The zero-order valence-corrected chi connectivity index (χ0v) is 19.5. The fourth-order valence-corrected chi connectivity index (χ4v) is 5.17. The number of aromatic nitrogens is 1. The van der Waals surface area contributed by atoms with E-state index in [-0.39, 0.29) is 12.2 Å². The molecule has 1 aliphatic carbocycles. The summed E-state index contributed by atoms with van der Waals surface area (Å²) in [5, 5.41) is 9.78. The molecule has 1 amide bonds. The second kappa shape index (κ2) is 11.7. The van der Waals surface area contributed by atoms with E-state index in [1.807, 2.05) is 29.2 Å². The van der Waals surface area contributed by atoms with Gasteiger partial charge in [-0.3, -0.25) is 0 Å². The van der Waals surface area contributed by atoms with E-state index >= 15 is 0 Å². The molecule has 176 valence electrons. The van der Waals surface area contributed by atoms with Crippen LogP contribution in [0.4, 0.5) is 10.5 Å². The number of amides is 1. The van der Waals surface area contributed by atoms with Crippen molar-refractivity contribution in [2.24, 2.45) is 21.2 Å². The first-order valence-electron chi connectivity index (χ1n) is 11.5. The largest absolute Gasteiger partial charge is 0.487 e. The van der Waals surface area contributed by atoms with Crippen LogP contribution in [0.5, 0.6) is 5.75 Å². The van der Waals surface area contributed by atoms with E-state index in [4.69, 9.17) is 20.3 Å². The van der Waals surface area contributed by atoms with E-state index in [2.05, 4.69) is 20.7 Å². The highest BCUT2D eigenvalue weighted by Crippen LogP contribution is 2.31. The van der Waals surface area contributed by atoms with Crippen molar-refractivity contribution in [1.29, 1.82) is 0 Å². The molecule has 0 radical (unpaired) electrons. The molecule has 9 nitrogen and oxygen atoms in total. The van der Waals surface area contributed by atoms with Crippen LogP contribution in [-0.2, 0) is 11.3 Å². The van der Waals surface area contributed by atoms with Crippen molar-refractivity contribution >= 4 is 29.5 Å². The Morgan fingerprint density at radius 1 is 1.15 bits per heavy atom. The van der Waals surface area contributed by atoms with Crippen molar-refractivity contribution in [3.63, 3.8) is 0 Å². The average Bonchev–Trinajstić information content (AvgIpc) is 3.33. The number of carbonyl (C=O) groups excluding carboxylic acids is 1. The minimum atomic E-state index is -0.144. The number of hydrogen-bond acceptors (Lipinski definition) is 7. The molecule has 2 heterocycles. The minimum absolute atomic E-state index is 0.108. The molecule has 1 saturated carbocycles. The van der Waals surface area contributed by atoms with Crippen LogP contribution < -0.4 is 10.6 Å². The number of ether oxygens (including phenoxy) is 2. The van der Waals surface area contributed by atoms with Crippen LogP contribution in [0.15, 0.2) is 45.0 Å². The van der Waals surface area contributed by atoms with Gasteiger partial charge in [-0.15, -0.1) is 16.5 Å². The number of aliphatic imine (C=N–C) groups is 1. The van der Waals surface area contributed by atoms with E-state index in [9.17, 15) is 4.79 Å². The van der Waals surface area contributed by atoms with Crippen LogP contribution in [0.3, 0.4) is 0 Å². The number of nitrogens with two attached hydrogens (primary N) is 1. The highest BCUT2D eigenvalue weighted by atomic mass is 32.1. The highest BCUT2D eigenvalue weighted by molar-refractivity contribution is 7.09. The van der Waals surface area contributed by atoms with E-state index in [1.165, 1.54) is 25.6 Å². The Balaban J connectivity index is 1.21. The first-order valence-corrected chi connectivity index (χ1v) is 12.3. The lowest BCUT2D eigenvalue weighted by molar-refractivity contribution is 0.0405. The summed E-state index contributed by atoms with van der Waals surface area (Å²) in [5.74, 6) is 6.06. The van der Waals surface area contributed by atoms with E-state index in [0.717, 1.165) is 60.9 Å². The zero-order chi connectivity index (χ0) is 22.9. The van der Waals surface area contributed by atoms with Gasteiger partial charge < -0.3 is 20.2 Å². The van der Waals surface area contributed by atoms with Crippen molar-refractivity contribution in [1.82, 2.24) is 9.88 Å². The Morgan fingerprint density at radius 2 is 1.91 bits per heavy atom. The molecule has 1 saturated heterocycles. The normalized spacial score (nSPS) is 18.2. The Hall–Kier alpha value is -3.01. The summed E-state index contributed by atoms with van der Waals surface area (Å²) in [6.07, 6.45) is 8.68. The standard InChI is InChI=1S/C23H30N6O3S/c24-28-26-16-25-18-6-8-20(9-7-18)31-14-19-15-33-22(27-19)17-10-12-29(13-11-17)23(30)32-21-4-2-1-3-5-21/h6-9,15-17,21H,1-5,10-14H2,(H2,24,25,26). The number of rotatable bonds is 7. The lowest BCUT2D eigenvalue weighted by Crippen LogP contribution is -2.40. The third kappa shape index (κ3) is 6.74. The number of likely N-dealkylation sites (tertiary alicyclic amines) is 1. The Labute approximate surface area is 197 Å². The SMILES string of the molecule is NN=NC=Nc1ccc(OCc2csc(C3CCN(C(=O)OC4CCCCC4)CC3)n2)cc1. The summed E-state index contributed by atoms with van der Waals surface area (Å²) < 4.78 is 11.6. The molecule has 2 fully saturated rings. The summed E-state index contributed by atoms with van der Waals surface area (Å²) in [7, 11) is 0. The van der Waals surface area contributed by atoms with E-state index in [0.29, 0.717) is 12.5 Å². The first-order chi connectivity index (χ1) is 16.2. The molecule has 2 aliphatic rings. The molecule has 2 N–H and O–H groups in total. The molecule has 0 unspecified atom stereocenters. The number of hydrogen-bond donors (Lipinski definition) is 1. The summed E-state index contributed by atoms with van der Waals surface area (Å²) in [6, 6.07) is 7.36. The van der Waals surface area contributed by atoms with Crippen molar-refractivity contribution in [2.75, 3.05) is 13.1 Å². The number of piperidine rings is 1. The minimum Gasteiger partial charge on any atom is -0.487 e. The van der Waals surface area contributed by atoms with Gasteiger partial charge >= 0.3 is 6.09 Å². The quantitative estimate of drug-likeness (QED) is 0.192. The Morgan fingerprint density at radius 3 is 2.64 bits per heavy atom. The smallest absolute Gasteiger partial charge is 0.410 e.